The SMILES string of the molecule is C1=CC(CCc2ccccc2)c2c1ccc1c2CCCC1.[Hf]. The fourth-order valence-corrected chi connectivity index (χ4v) is 3.98. The van der Waals surface area contributed by atoms with E-state index < -0.39 is 0 Å². The maximum absolute atomic E-state index is 2.43. The number of aryl methyl sites for hydroxylation is 2. The summed E-state index contributed by atoms with van der Waals surface area (Å²) in [5, 5.41) is 0. The van der Waals surface area contributed by atoms with Gasteiger partial charge in [0.15, 0.2) is 0 Å². The second kappa shape index (κ2) is 7.08. The van der Waals surface area contributed by atoms with Gasteiger partial charge in [-0.05, 0) is 66.3 Å². The summed E-state index contributed by atoms with van der Waals surface area (Å²) >= 11 is 0. The Kier molecular flexibility index (Phi) is 5.13. The second-order valence-electron chi connectivity index (χ2n) is 6.40. The van der Waals surface area contributed by atoms with E-state index in [9.17, 15) is 0 Å². The van der Waals surface area contributed by atoms with Gasteiger partial charge in [0.1, 0.15) is 0 Å². The monoisotopic (exact) mass is 454 g/mol. The molecule has 2 aromatic rings. The smallest absolute Gasteiger partial charge is 0.00332 e. The van der Waals surface area contributed by atoms with E-state index in [1.54, 1.807) is 16.7 Å². The van der Waals surface area contributed by atoms with Gasteiger partial charge >= 0.3 is 0 Å². The molecule has 1 atom stereocenters. The molecule has 1 unspecified atom stereocenters. The fraction of sp³-hybridized carbons (Fsp3) is 0.333. The van der Waals surface area contributed by atoms with E-state index in [0.717, 1.165) is 0 Å². The van der Waals surface area contributed by atoms with E-state index in [4.69, 9.17) is 0 Å². The molecule has 0 bridgehead atoms. The molecule has 4 rings (SSSR count). The summed E-state index contributed by atoms with van der Waals surface area (Å²) in [7, 11) is 0. The van der Waals surface area contributed by atoms with Gasteiger partial charge < -0.3 is 0 Å². The van der Waals surface area contributed by atoms with Gasteiger partial charge in [-0.25, -0.2) is 0 Å². The molecule has 0 nitrogen and oxygen atoms in total. The van der Waals surface area contributed by atoms with Gasteiger partial charge in [-0.15, -0.1) is 0 Å². The van der Waals surface area contributed by atoms with Crippen LogP contribution in [0.4, 0.5) is 0 Å². The van der Waals surface area contributed by atoms with Crippen molar-refractivity contribution in [1.29, 1.82) is 0 Å². The number of fused-ring (bicyclic) bond motifs is 3. The van der Waals surface area contributed by atoms with Crippen LogP contribution in [-0.2, 0) is 45.1 Å². The van der Waals surface area contributed by atoms with Crippen molar-refractivity contribution in [2.45, 2.75) is 44.4 Å². The maximum atomic E-state index is 2.43. The van der Waals surface area contributed by atoms with Crippen molar-refractivity contribution in [2.24, 2.45) is 0 Å². The van der Waals surface area contributed by atoms with Crippen LogP contribution < -0.4 is 0 Å². The quantitative estimate of drug-likeness (QED) is 0.554. The van der Waals surface area contributed by atoms with Crippen LogP contribution in [0.25, 0.3) is 6.08 Å². The van der Waals surface area contributed by atoms with E-state index in [0.29, 0.717) is 5.92 Å². The average Bonchev–Trinajstić information content (AvgIpc) is 2.97. The van der Waals surface area contributed by atoms with Crippen molar-refractivity contribution in [3.63, 3.8) is 0 Å². The van der Waals surface area contributed by atoms with Gasteiger partial charge in [-0.2, -0.15) is 0 Å². The van der Waals surface area contributed by atoms with Crippen LogP contribution >= 0.6 is 0 Å². The van der Waals surface area contributed by atoms with Gasteiger partial charge in [-0.1, -0.05) is 54.6 Å². The largest absolute Gasteiger partial charge is 0.0764 e. The van der Waals surface area contributed by atoms with Gasteiger partial charge in [0.25, 0.3) is 0 Å². The minimum atomic E-state index is 0. The summed E-state index contributed by atoms with van der Waals surface area (Å²) in [5.74, 6) is 0.633. The zero-order valence-corrected chi connectivity index (χ0v) is 16.6. The van der Waals surface area contributed by atoms with Crippen molar-refractivity contribution < 1.29 is 25.8 Å². The van der Waals surface area contributed by atoms with E-state index >= 15 is 0 Å². The molecule has 0 saturated carbocycles. The average molecular weight is 453 g/mol. The van der Waals surface area contributed by atoms with Gasteiger partial charge in [0.05, 0.1) is 0 Å². The standard InChI is InChI=1S/C21H22.Hf/c1-2-6-16(7-3-1)10-11-18-14-15-19-13-12-17-8-4-5-9-20(17)21(18)19;/h1-3,6-7,12-15,18H,4-5,8-11H2;. The summed E-state index contributed by atoms with van der Waals surface area (Å²) in [6, 6.07) is 15.6. The molecule has 2 aromatic carbocycles. The number of benzene rings is 2. The third-order valence-electron chi connectivity index (χ3n) is 5.08. The molecule has 0 radical (unpaired) electrons. The van der Waals surface area contributed by atoms with Crippen LogP contribution in [0.2, 0.25) is 0 Å². The van der Waals surface area contributed by atoms with E-state index in [1.165, 1.54) is 49.7 Å². The molecule has 0 amide bonds. The zero-order valence-electron chi connectivity index (χ0n) is 13.0. The van der Waals surface area contributed by atoms with Crippen molar-refractivity contribution in [3.05, 3.63) is 76.4 Å². The molecule has 1 heteroatoms. The zero-order chi connectivity index (χ0) is 14.1. The second-order valence-corrected chi connectivity index (χ2v) is 6.40. The Morgan fingerprint density at radius 2 is 1.73 bits per heavy atom. The van der Waals surface area contributed by atoms with E-state index in [-0.39, 0.29) is 25.8 Å². The summed E-state index contributed by atoms with van der Waals surface area (Å²) in [5.41, 5.74) is 7.90. The number of rotatable bonds is 3. The number of hydrogen-bond donors (Lipinski definition) is 0. The molecule has 0 heterocycles. The number of hydrogen-bond acceptors (Lipinski definition) is 0. The normalized spacial score (nSPS) is 18.5. The summed E-state index contributed by atoms with van der Waals surface area (Å²) < 4.78 is 0. The van der Waals surface area contributed by atoms with E-state index in [2.05, 4.69) is 54.6 Å². The van der Waals surface area contributed by atoms with E-state index in [1.807, 2.05) is 0 Å². The van der Waals surface area contributed by atoms with Gasteiger partial charge in [-0.3, -0.25) is 0 Å². The Hall–Kier alpha value is -0.950. The third kappa shape index (κ3) is 3.06. The Labute approximate surface area is 152 Å². The molecular formula is C21H22Hf. The Bertz CT molecular complexity index is 670. The predicted octanol–water partition coefficient (Wildman–Crippen LogP) is 5.31. The molecule has 0 aliphatic heterocycles. The fourth-order valence-electron chi connectivity index (χ4n) is 3.98. The number of allylic oxidation sites excluding steroid dienone is 1. The van der Waals surface area contributed by atoms with Crippen LogP contribution in [-0.4, -0.2) is 0 Å². The van der Waals surface area contributed by atoms with Crippen LogP contribution in [0.3, 0.4) is 0 Å². The molecule has 0 saturated heterocycles. The molecule has 110 valence electrons. The molecule has 0 N–H and O–H groups in total. The molecular weight excluding hydrogens is 431 g/mol. The maximum Gasteiger partial charge on any atom is 0.00332 e. The Morgan fingerprint density at radius 3 is 2.59 bits per heavy atom. The minimum Gasteiger partial charge on any atom is -0.0764 e. The van der Waals surface area contributed by atoms with Gasteiger partial charge in [0, 0.05) is 31.8 Å². The Balaban J connectivity index is 0.00000144. The molecule has 0 fully saturated rings. The first kappa shape index (κ1) is 15.9. The van der Waals surface area contributed by atoms with Crippen LogP contribution in [0, 0.1) is 0 Å². The minimum absolute atomic E-state index is 0. The van der Waals surface area contributed by atoms with Gasteiger partial charge in [0.2, 0.25) is 0 Å². The van der Waals surface area contributed by atoms with Crippen LogP contribution in [0.1, 0.15) is 53.0 Å². The Morgan fingerprint density at radius 1 is 0.909 bits per heavy atom. The first-order chi connectivity index (χ1) is 10.4. The topological polar surface area (TPSA) is 0 Å². The van der Waals surface area contributed by atoms with Crippen LogP contribution in [0.15, 0.2) is 48.5 Å². The van der Waals surface area contributed by atoms with Crippen molar-refractivity contribution in [1.82, 2.24) is 0 Å². The first-order valence-electron chi connectivity index (χ1n) is 8.28. The first-order valence-corrected chi connectivity index (χ1v) is 8.28. The van der Waals surface area contributed by atoms with Crippen molar-refractivity contribution in [3.8, 4) is 0 Å². The summed E-state index contributed by atoms with van der Waals surface area (Å²) in [6.45, 7) is 0. The molecule has 0 aromatic heterocycles. The van der Waals surface area contributed by atoms with Crippen LogP contribution in [0.5, 0.6) is 0 Å². The summed E-state index contributed by atoms with van der Waals surface area (Å²) in [4.78, 5) is 0. The molecule has 0 spiro atoms. The van der Waals surface area contributed by atoms with Crippen molar-refractivity contribution in [2.75, 3.05) is 0 Å². The van der Waals surface area contributed by atoms with Crippen molar-refractivity contribution >= 4 is 6.08 Å². The summed E-state index contributed by atoms with van der Waals surface area (Å²) in [6.07, 6.45) is 12.5. The molecule has 22 heavy (non-hydrogen) atoms. The molecule has 2 aliphatic carbocycles. The molecule has 2 aliphatic rings. The third-order valence-corrected chi connectivity index (χ3v) is 5.08. The predicted molar refractivity (Wildman–Crippen MR) is 89.6 cm³/mol.